The average molecular weight is 417 g/mol. The second kappa shape index (κ2) is 9.73. The molecule has 28 heavy (non-hydrogen) atoms. The summed E-state index contributed by atoms with van der Waals surface area (Å²) in [6, 6.07) is 15.4. The minimum atomic E-state index is -0.0821. The third-order valence-electron chi connectivity index (χ3n) is 4.21. The molecule has 0 aliphatic carbocycles. The van der Waals surface area contributed by atoms with Crippen LogP contribution in [0.4, 0.5) is 0 Å². The van der Waals surface area contributed by atoms with Crippen LogP contribution in [0.15, 0.2) is 60.0 Å². The lowest BCUT2D eigenvalue weighted by molar-refractivity contribution is -0.129. The van der Waals surface area contributed by atoms with Crippen LogP contribution in [-0.4, -0.2) is 49.6 Å². The Morgan fingerprint density at radius 2 is 2.04 bits per heavy atom. The fourth-order valence-electron chi connectivity index (χ4n) is 2.67. The fraction of sp³-hybridized carbons (Fsp3) is 0.250. The van der Waals surface area contributed by atoms with Gasteiger partial charge in [-0.3, -0.25) is 9.36 Å². The van der Waals surface area contributed by atoms with E-state index in [2.05, 4.69) is 10.2 Å². The molecule has 6 nitrogen and oxygen atoms in total. The molecule has 0 fully saturated rings. The van der Waals surface area contributed by atoms with Crippen molar-refractivity contribution < 1.29 is 9.90 Å². The molecule has 0 aliphatic heterocycles. The molecule has 146 valence electrons. The number of aromatic nitrogens is 3. The molecule has 1 aromatic heterocycles. The van der Waals surface area contributed by atoms with Crippen LogP contribution in [0.5, 0.6) is 0 Å². The number of hydrogen-bond acceptors (Lipinski definition) is 5. The van der Waals surface area contributed by atoms with E-state index in [9.17, 15) is 9.90 Å². The molecule has 1 heterocycles. The molecule has 0 bridgehead atoms. The Balaban J connectivity index is 1.68. The van der Waals surface area contributed by atoms with E-state index in [1.807, 2.05) is 55.5 Å². The van der Waals surface area contributed by atoms with Crippen molar-refractivity contribution in [3.8, 4) is 5.69 Å². The van der Waals surface area contributed by atoms with Crippen LogP contribution in [0.25, 0.3) is 5.69 Å². The van der Waals surface area contributed by atoms with Gasteiger partial charge in [0, 0.05) is 18.1 Å². The number of aliphatic hydroxyl groups excluding tert-OH is 1. The molecule has 1 amide bonds. The zero-order valence-corrected chi connectivity index (χ0v) is 17.0. The third kappa shape index (κ3) is 5.13. The molecule has 0 atom stereocenters. The lowest BCUT2D eigenvalue weighted by atomic mass is 10.2. The molecule has 3 rings (SSSR count). The average Bonchev–Trinajstić information content (AvgIpc) is 3.17. The summed E-state index contributed by atoms with van der Waals surface area (Å²) in [7, 11) is 0. The van der Waals surface area contributed by atoms with E-state index in [0.29, 0.717) is 16.7 Å². The van der Waals surface area contributed by atoms with Crippen LogP contribution in [0, 0.1) is 6.92 Å². The van der Waals surface area contributed by atoms with Crippen LogP contribution in [0.2, 0.25) is 5.02 Å². The summed E-state index contributed by atoms with van der Waals surface area (Å²) >= 11 is 7.52. The monoisotopic (exact) mass is 416 g/mol. The first-order chi connectivity index (χ1) is 13.6. The largest absolute Gasteiger partial charge is 0.395 e. The number of benzene rings is 2. The number of thioether (sulfide) groups is 1. The maximum atomic E-state index is 12.7. The van der Waals surface area contributed by atoms with E-state index in [1.165, 1.54) is 11.8 Å². The summed E-state index contributed by atoms with van der Waals surface area (Å²) in [6.45, 7) is 2.60. The first-order valence-electron chi connectivity index (χ1n) is 8.80. The molecule has 2 aromatic carbocycles. The Labute approximate surface area is 173 Å². The van der Waals surface area contributed by atoms with E-state index in [4.69, 9.17) is 11.6 Å². The van der Waals surface area contributed by atoms with Crippen molar-refractivity contribution >= 4 is 29.3 Å². The lowest BCUT2D eigenvalue weighted by Crippen LogP contribution is -2.34. The highest BCUT2D eigenvalue weighted by Crippen LogP contribution is 2.24. The second-order valence-electron chi connectivity index (χ2n) is 6.23. The van der Waals surface area contributed by atoms with E-state index < -0.39 is 0 Å². The van der Waals surface area contributed by atoms with Gasteiger partial charge >= 0.3 is 0 Å². The topological polar surface area (TPSA) is 71.2 Å². The van der Waals surface area contributed by atoms with Crippen molar-refractivity contribution in [3.05, 3.63) is 71.0 Å². The van der Waals surface area contributed by atoms with Gasteiger partial charge in [0.1, 0.15) is 6.33 Å². The number of halogens is 1. The molecule has 0 saturated carbocycles. The standard InChI is InChI=1S/C20H21ClN4O2S/c1-15-7-8-17(11-18(15)21)25-14-22-23-20(25)28-13-19(27)24(9-10-26)12-16-5-3-2-4-6-16/h2-8,11,14,26H,9-10,12-13H2,1H3. The first kappa shape index (κ1) is 20.4. The van der Waals surface area contributed by atoms with Crippen molar-refractivity contribution in [2.24, 2.45) is 0 Å². The summed E-state index contributed by atoms with van der Waals surface area (Å²) in [5.41, 5.74) is 2.85. The summed E-state index contributed by atoms with van der Waals surface area (Å²) < 4.78 is 1.80. The number of carbonyl (C=O) groups is 1. The number of hydrogen-bond donors (Lipinski definition) is 1. The number of aryl methyl sites for hydroxylation is 1. The SMILES string of the molecule is Cc1ccc(-n2cnnc2SCC(=O)N(CCO)Cc2ccccc2)cc1Cl. The maximum Gasteiger partial charge on any atom is 0.233 e. The predicted octanol–water partition coefficient (Wildman–Crippen LogP) is 3.34. The summed E-state index contributed by atoms with van der Waals surface area (Å²) in [6.07, 6.45) is 1.60. The highest BCUT2D eigenvalue weighted by Gasteiger charge is 2.16. The Bertz CT molecular complexity index is 933. The molecule has 0 aliphatic rings. The number of aliphatic hydroxyl groups is 1. The van der Waals surface area contributed by atoms with Gasteiger partial charge in [-0.2, -0.15) is 0 Å². The zero-order valence-electron chi connectivity index (χ0n) is 15.5. The first-order valence-corrected chi connectivity index (χ1v) is 10.2. The summed E-state index contributed by atoms with van der Waals surface area (Å²) in [4.78, 5) is 14.3. The van der Waals surface area contributed by atoms with Gasteiger partial charge in [-0.05, 0) is 30.2 Å². The summed E-state index contributed by atoms with van der Waals surface area (Å²) in [5, 5.41) is 18.7. The van der Waals surface area contributed by atoms with Crippen LogP contribution in [0.3, 0.4) is 0 Å². The maximum absolute atomic E-state index is 12.7. The van der Waals surface area contributed by atoms with Gasteiger partial charge in [0.15, 0.2) is 5.16 Å². The molecule has 0 saturated heterocycles. The van der Waals surface area contributed by atoms with Gasteiger partial charge in [0.25, 0.3) is 0 Å². The minimum absolute atomic E-state index is 0.0700. The van der Waals surface area contributed by atoms with Gasteiger partial charge in [0.05, 0.1) is 18.0 Å². The van der Waals surface area contributed by atoms with Gasteiger partial charge in [0.2, 0.25) is 5.91 Å². The van der Waals surface area contributed by atoms with Gasteiger partial charge in [-0.1, -0.05) is 59.8 Å². The third-order valence-corrected chi connectivity index (χ3v) is 5.55. The number of carbonyl (C=O) groups excluding carboxylic acids is 1. The quantitative estimate of drug-likeness (QED) is 0.570. The van der Waals surface area contributed by atoms with E-state index in [1.54, 1.807) is 15.8 Å². The zero-order chi connectivity index (χ0) is 19.9. The molecule has 3 aromatic rings. The van der Waals surface area contributed by atoms with Crippen molar-refractivity contribution in [1.29, 1.82) is 0 Å². The van der Waals surface area contributed by atoms with Crippen molar-refractivity contribution in [2.45, 2.75) is 18.6 Å². The Hall–Kier alpha value is -2.35. The van der Waals surface area contributed by atoms with E-state index in [0.717, 1.165) is 16.8 Å². The number of amides is 1. The van der Waals surface area contributed by atoms with E-state index >= 15 is 0 Å². The van der Waals surface area contributed by atoms with Crippen LogP contribution >= 0.6 is 23.4 Å². The Kier molecular flexibility index (Phi) is 7.08. The second-order valence-corrected chi connectivity index (χ2v) is 7.58. The van der Waals surface area contributed by atoms with Gasteiger partial charge in [-0.25, -0.2) is 0 Å². The molecular weight excluding hydrogens is 396 g/mol. The smallest absolute Gasteiger partial charge is 0.233 e. The van der Waals surface area contributed by atoms with Crippen molar-refractivity contribution in [3.63, 3.8) is 0 Å². The molecule has 8 heteroatoms. The van der Waals surface area contributed by atoms with Crippen LogP contribution in [0.1, 0.15) is 11.1 Å². The molecule has 0 unspecified atom stereocenters. The molecule has 1 N–H and O–H groups in total. The normalized spacial score (nSPS) is 10.8. The highest BCUT2D eigenvalue weighted by molar-refractivity contribution is 7.99. The molecule has 0 radical (unpaired) electrons. The Morgan fingerprint density at radius 1 is 1.25 bits per heavy atom. The fourth-order valence-corrected chi connectivity index (χ4v) is 3.67. The predicted molar refractivity (Wildman–Crippen MR) is 111 cm³/mol. The lowest BCUT2D eigenvalue weighted by Gasteiger charge is -2.21. The molecule has 0 spiro atoms. The van der Waals surface area contributed by atoms with Gasteiger partial charge in [-0.15, -0.1) is 10.2 Å². The highest BCUT2D eigenvalue weighted by atomic mass is 35.5. The summed E-state index contributed by atoms with van der Waals surface area (Å²) in [5.74, 6) is 0.130. The number of rotatable bonds is 8. The van der Waals surface area contributed by atoms with Crippen molar-refractivity contribution in [2.75, 3.05) is 18.9 Å². The number of nitrogens with zero attached hydrogens (tertiary/aromatic N) is 4. The van der Waals surface area contributed by atoms with Crippen LogP contribution < -0.4 is 0 Å². The minimum Gasteiger partial charge on any atom is -0.395 e. The van der Waals surface area contributed by atoms with E-state index in [-0.39, 0.29) is 24.8 Å². The molecular formula is C20H21ClN4O2S. The Morgan fingerprint density at radius 3 is 2.75 bits per heavy atom. The van der Waals surface area contributed by atoms with Crippen molar-refractivity contribution in [1.82, 2.24) is 19.7 Å². The van der Waals surface area contributed by atoms with Crippen LogP contribution in [-0.2, 0) is 11.3 Å². The van der Waals surface area contributed by atoms with Gasteiger partial charge < -0.3 is 10.0 Å².